The molecule has 0 aromatic rings. The summed E-state index contributed by atoms with van der Waals surface area (Å²) in [6, 6.07) is 0. The van der Waals surface area contributed by atoms with E-state index in [1.807, 2.05) is 0 Å². The van der Waals surface area contributed by atoms with E-state index < -0.39 is 6.10 Å². The molecule has 0 aliphatic rings. The molecule has 6 nitrogen and oxygen atoms in total. The Balaban J connectivity index is 4.35. The van der Waals surface area contributed by atoms with Gasteiger partial charge in [-0.25, -0.2) is 0 Å². The summed E-state index contributed by atoms with van der Waals surface area (Å²) in [4.78, 5) is 37.2. The lowest BCUT2D eigenvalue weighted by molar-refractivity contribution is -0.167. The van der Waals surface area contributed by atoms with Gasteiger partial charge < -0.3 is 14.2 Å². The Bertz CT molecular complexity index is 662. The number of unbranched alkanes of at least 4 members (excludes halogenated alkanes) is 20. The first-order valence-corrected chi connectivity index (χ1v) is 18.9. The number of ether oxygens (including phenoxy) is 3. The molecule has 0 aliphatic heterocycles. The van der Waals surface area contributed by atoms with Crippen LogP contribution in [-0.4, -0.2) is 37.2 Å². The van der Waals surface area contributed by atoms with Gasteiger partial charge in [-0.3, -0.25) is 14.4 Å². The third-order valence-electron chi connectivity index (χ3n) is 8.29. The normalized spacial score (nSPS) is 11.9. The smallest absolute Gasteiger partial charge is 0.306 e. The van der Waals surface area contributed by atoms with Crippen LogP contribution in [0.2, 0.25) is 0 Å². The van der Waals surface area contributed by atoms with Crippen molar-refractivity contribution >= 4 is 17.9 Å². The first-order chi connectivity index (χ1) is 21.4. The first-order valence-electron chi connectivity index (χ1n) is 18.9. The largest absolute Gasteiger partial charge is 0.462 e. The molecule has 0 aromatic heterocycles. The Labute approximate surface area is 272 Å². The molecule has 0 aliphatic carbocycles. The van der Waals surface area contributed by atoms with Crippen LogP contribution in [0.3, 0.4) is 0 Å². The van der Waals surface area contributed by atoms with Crippen molar-refractivity contribution in [3.05, 3.63) is 0 Å². The molecule has 0 saturated heterocycles. The lowest BCUT2D eigenvalue weighted by atomic mass is 10.0. The summed E-state index contributed by atoms with van der Waals surface area (Å²) in [5, 5.41) is 0. The number of carbonyl (C=O) groups excluding carboxylic acids is 3. The summed E-state index contributed by atoms with van der Waals surface area (Å²) in [6.07, 6.45) is 28.2. The fraction of sp³-hybridized carbons (Fsp3) is 0.921. The van der Waals surface area contributed by atoms with Crippen LogP contribution in [0.15, 0.2) is 0 Å². The Hall–Kier alpha value is -1.59. The molecular weight excluding hydrogens is 552 g/mol. The summed E-state index contributed by atoms with van der Waals surface area (Å²) in [6.45, 7) is 8.83. The van der Waals surface area contributed by atoms with Crippen LogP contribution in [0.5, 0.6) is 0 Å². The summed E-state index contributed by atoms with van der Waals surface area (Å²) in [5.41, 5.74) is 0. The number of rotatable bonds is 33. The third kappa shape index (κ3) is 31.8. The highest BCUT2D eigenvalue weighted by molar-refractivity contribution is 5.71. The van der Waals surface area contributed by atoms with E-state index in [1.165, 1.54) is 96.3 Å². The molecule has 0 fully saturated rings. The van der Waals surface area contributed by atoms with Crippen molar-refractivity contribution < 1.29 is 28.6 Å². The van der Waals surface area contributed by atoms with Crippen LogP contribution in [-0.2, 0) is 28.6 Å². The van der Waals surface area contributed by atoms with Gasteiger partial charge in [-0.05, 0) is 25.2 Å². The fourth-order valence-corrected chi connectivity index (χ4v) is 5.39. The molecule has 260 valence electrons. The van der Waals surface area contributed by atoms with Crippen molar-refractivity contribution in [2.45, 2.75) is 207 Å². The van der Waals surface area contributed by atoms with Crippen LogP contribution in [0.25, 0.3) is 0 Å². The molecule has 0 N–H and O–H groups in total. The van der Waals surface area contributed by atoms with Crippen LogP contribution < -0.4 is 0 Å². The van der Waals surface area contributed by atoms with Gasteiger partial charge in [-0.15, -0.1) is 0 Å². The molecule has 0 unspecified atom stereocenters. The molecule has 0 radical (unpaired) electrons. The highest BCUT2D eigenvalue weighted by atomic mass is 16.6. The maximum atomic E-state index is 12.6. The SMILES string of the molecule is CCCCCCCCCCCCC(=O)O[C@H](COC(=O)CCCCCCCCC)COC(=O)CCCCCCCCC(C)C. The van der Waals surface area contributed by atoms with Gasteiger partial charge in [-0.1, -0.05) is 163 Å². The average molecular weight is 625 g/mol. The van der Waals surface area contributed by atoms with E-state index in [-0.39, 0.29) is 31.1 Å². The van der Waals surface area contributed by atoms with Gasteiger partial charge in [0.25, 0.3) is 0 Å². The molecule has 0 heterocycles. The van der Waals surface area contributed by atoms with Crippen LogP contribution in [0.4, 0.5) is 0 Å². The standard InChI is InChI=1S/C38H72O6/c1-5-7-9-11-13-14-15-17-23-27-31-38(41)44-35(32-42-36(39)29-25-21-16-12-10-8-6-2)33-43-37(40)30-26-22-19-18-20-24-28-34(3)4/h34-35H,5-33H2,1-4H3/t35-/m1/s1. The van der Waals surface area contributed by atoms with Gasteiger partial charge in [0.05, 0.1) is 0 Å². The Morgan fingerprint density at radius 2 is 0.750 bits per heavy atom. The Kier molecular flexibility index (Phi) is 31.6. The van der Waals surface area contributed by atoms with Gasteiger partial charge in [0.2, 0.25) is 0 Å². The van der Waals surface area contributed by atoms with Crippen molar-refractivity contribution in [2.75, 3.05) is 13.2 Å². The van der Waals surface area contributed by atoms with Crippen molar-refractivity contribution in [1.29, 1.82) is 0 Å². The van der Waals surface area contributed by atoms with Gasteiger partial charge in [-0.2, -0.15) is 0 Å². The lowest BCUT2D eigenvalue weighted by Gasteiger charge is -2.18. The predicted molar refractivity (Wildman–Crippen MR) is 183 cm³/mol. The quantitative estimate of drug-likeness (QED) is 0.0410. The minimum atomic E-state index is -0.756. The highest BCUT2D eigenvalue weighted by Crippen LogP contribution is 2.14. The maximum absolute atomic E-state index is 12.6. The zero-order valence-corrected chi connectivity index (χ0v) is 29.6. The molecule has 0 spiro atoms. The van der Waals surface area contributed by atoms with Crippen LogP contribution in [0.1, 0.15) is 201 Å². The second kappa shape index (κ2) is 32.8. The molecule has 0 saturated carbocycles. The van der Waals surface area contributed by atoms with Crippen molar-refractivity contribution in [3.63, 3.8) is 0 Å². The lowest BCUT2D eigenvalue weighted by Crippen LogP contribution is -2.30. The van der Waals surface area contributed by atoms with Crippen LogP contribution in [0, 0.1) is 5.92 Å². The summed E-state index contributed by atoms with van der Waals surface area (Å²) < 4.78 is 16.5. The minimum absolute atomic E-state index is 0.0667. The monoisotopic (exact) mass is 625 g/mol. The van der Waals surface area contributed by atoms with E-state index in [1.54, 1.807) is 0 Å². The molecule has 0 bridgehead atoms. The zero-order valence-electron chi connectivity index (χ0n) is 29.6. The van der Waals surface area contributed by atoms with E-state index in [4.69, 9.17) is 14.2 Å². The third-order valence-corrected chi connectivity index (χ3v) is 8.29. The van der Waals surface area contributed by atoms with E-state index in [9.17, 15) is 14.4 Å². The summed E-state index contributed by atoms with van der Waals surface area (Å²) in [5.74, 6) is -0.114. The van der Waals surface area contributed by atoms with E-state index >= 15 is 0 Å². The molecule has 0 rings (SSSR count). The predicted octanol–water partition coefficient (Wildman–Crippen LogP) is 11.2. The number of esters is 3. The first kappa shape index (κ1) is 42.4. The Morgan fingerprint density at radius 1 is 0.432 bits per heavy atom. The fourth-order valence-electron chi connectivity index (χ4n) is 5.39. The topological polar surface area (TPSA) is 78.9 Å². The highest BCUT2D eigenvalue weighted by Gasteiger charge is 2.19. The number of hydrogen-bond acceptors (Lipinski definition) is 6. The number of carbonyl (C=O) groups is 3. The summed E-state index contributed by atoms with van der Waals surface area (Å²) >= 11 is 0. The van der Waals surface area contributed by atoms with Crippen molar-refractivity contribution in [3.8, 4) is 0 Å². The van der Waals surface area contributed by atoms with Gasteiger partial charge in [0.1, 0.15) is 13.2 Å². The van der Waals surface area contributed by atoms with E-state index in [0.29, 0.717) is 19.3 Å². The van der Waals surface area contributed by atoms with E-state index in [0.717, 1.165) is 63.7 Å². The Morgan fingerprint density at radius 3 is 1.11 bits per heavy atom. The summed E-state index contributed by atoms with van der Waals surface area (Å²) in [7, 11) is 0. The molecule has 44 heavy (non-hydrogen) atoms. The second-order valence-corrected chi connectivity index (χ2v) is 13.3. The minimum Gasteiger partial charge on any atom is -0.462 e. The molecule has 0 aromatic carbocycles. The van der Waals surface area contributed by atoms with E-state index in [2.05, 4.69) is 27.7 Å². The van der Waals surface area contributed by atoms with Gasteiger partial charge >= 0.3 is 17.9 Å². The molecule has 0 amide bonds. The molecular formula is C38H72O6. The number of hydrogen-bond donors (Lipinski definition) is 0. The van der Waals surface area contributed by atoms with Crippen molar-refractivity contribution in [1.82, 2.24) is 0 Å². The average Bonchev–Trinajstić information content (AvgIpc) is 3.00. The van der Waals surface area contributed by atoms with Gasteiger partial charge in [0, 0.05) is 19.3 Å². The molecule has 6 heteroatoms. The van der Waals surface area contributed by atoms with Gasteiger partial charge in [0.15, 0.2) is 6.10 Å². The second-order valence-electron chi connectivity index (χ2n) is 13.3. The molecule has 1 atom stereocenters. The van der Waals surface area contributed by atoms with Crippen LogP contribution >= 0.6 is 0 Å². The zero-order chi connectivity index (χ0) is 32.5. The maximum Gasteiger partial charge on any atom is 0.306 e. The van der Waals surface area contributed by atoms with Crippen molar-refractivity contribution in [2.24, 2.45) is 5.92 Å².